The fourth-order valence-electron chi connectivity index (χ4n) is 3.13. The Kier molecular flexibility index (Phi) is 5.59. The van der Waals surface area contributed by atoms with Crippen LogP contribution in [0.15, 0.2) is 43.0 Å². The quantitative estimate of drug-likeness (QED) is 0.598. The van der Waals surface area contributed by atoms with Gasteiger partial charge in [-0.05, 0) is 24.8 Å². The van der Waals surface area contributed by atoms with Crippen LogP contribution < -0.4 is 0 Å². The first-order valence-corrected chi connectivity index (χ1v) is 8.11. The zero-order valence-corrected chi connectivity index (χ0v) is 14.0. The van der Waals surface area contributed by atoms with Crippen molar-refractivity contribution in [2.45, 2.75) is 33.3 Å². The predicted molar refractivity (Wildman–Crippen MR) is 89.5 cm³/mol. The van der Waals surface area contributed by atoms with Gasteiger partial charge in [0.15, 0.2) is 0 Å². The summed E-state index contributed by atoms with van der Waals surface area (Å²) in [5, 5.41) is 0. The molecule has 4 nitrogen and oxygen atoms in total. The summed E-state index contributed by atoms with van der Waals surface area (Å²) >= 11 is 0. The first-order valence-electron chi connectivity index (χ1n) is 8.11. The van der Waals surface area contributed by atoms with Gasteiger partial charge in [-0.2, -0.15) is 0 Å². The van der Waals surface area contributed by atoms with Crippen molar-refractivity contribution in [3.8, 4) is 0 Å². The second-order valence-electron chi connectivity index (χ2n) is 6.33. The summed E-state index contributed by atoms with van der Waals surface area (Å²) in [6.07, 6.45) is 2.97. The number of benzene rings is 1. The highest BCUT2D eigenvalue weighted by Crippen LogP contribution is 2.39. The molecule has 1 heterocycles. The Labute approximate surface area is 138 Å². The van der Waals surface area contributed by atoms with Crippen molar-refractivity contribution in [2.24, 2.45) is 11.3 Å². The lowest BCUT2D eigenvalue weighted by Gasteiger charge is -2.27. The third-order valence-electron chi connectivity index (χ3n) is 4.65. The number of amides is 1. The van der Waals surface area contributed by atoms with Crippen LogP contribution in [0.3, 0.4) is 0 Å². The van der Waals surface area contributed by atoms with Crippen LogP contribution >= 0.6 is 0 Å². The molecule has 0 N–H and O–H groups in total. The lowest BCUT2D eigenvalue weighted by Crippen LogP contribution is -2.38. The average Bonchev–Trinajstić information content (AvgIpc) is 2.91. The minimum Gasteiger partial charge on any atom is -0.460 e. The van der Waals surface area contributed by atoms with E-state index in [1.807, 2.05) is 50.3 Å². The van der Waals surface area contributed by atoms with E-state index >= 15 is 0 Å². The Bertz CT molecular complexity index is 569. The molecule has 0 aromatic heterocycles. The minimum atomic E-state index is -0.673. The number of hydrogen-bond acceptors (Lipinski definition) is 3. The second-order valence-corrected chi connectivity index (χ2v) is 6.33. The molecule has 2 atom stereocenters. The van der Waals surface area contributed by atoms with Gasteiger partial charge in [-0.3, -0.25) is 9.59 Å². The summed E-state index contributed by atoms with van der Waals surface area (Å²) in [4.78, 5) is 26.5. The van der Waals surface area contributed by atoms with Gasteiger partial charge in [0, 0.05) is 19.5 Å². The summed E-state index contributed by atoms with van der Waals surface area (Å²) in [6.45, 7) is 8.80. The Balaban J connectivity index is 2.08. The molecule has 1 aromatic rings. The number of hydrogen-bond donors (Lipinski definition) is 0. The van der Waals surface area contributed by atoms with Gasteiger partial charge in [-0.25, -0.2) is 0 Å². The van der Waals surface area contributed by atoms with Crippen molar-refractivity contribution < 1.29 is 14.3 Å². The topological polar surface area (TPSA) is 46.6 Å². The fourth-order valence-corrected chi connectivity index (χ4v) is 3.13. The molecule has 124 valence electrons. The maximum absolute atomic E-state index is 12.7. The molecule has 0 unspecified atom stereocenters. The van der Waals surface area contributed by atoms with Crippen molar-refractivity contribution in [1.29, 1.82) is 0 Å². The van der Waals surface area contributed by atoms with Crippen molar-refractivity contribution in [2.75, 3.05) is 13.1 Å². The molecule has 2 rings (SSSR count). The van der Waals surface area contributed by atoms with E-state index in [0.717, 1.165) is 5.56 Å². The molecular weight excluding hydrogens is 290 g/mol. The SMILES string of the molecule is C=CC[C@H]1CN(C(=O)CC)C[C@@]1(C)C(=O)OCc1ccccc1. The Morgan fingerprint density at radius 2 is 2.09 bits per heavy atom. The number of carbonyl (C=O) groups excluding carboxylic acids is 2. The molecule has 1 saturated heterocycles. The number of nitrogens with zero attached hydrogens (tertiary/aromatic N) is 1. The number of carbonyl (C=O) groups is 2. The first-order chi connectivity index (χ1) is 11.0. The molecule has 0 aliphatic carbocycles. The van der Waals surface area contributed by atoms with Gasteiger partial charge in [0.05, 0.1) is 5.41 Å². The molecule has 1 aromatic carbocycles. The van der Waals surface area contributed by atoms with E-state index < -0.39 is 5.41 Å². The van der Waals surface area contributed by atoms with Gasteiger partial charge < -0.3 is 9.64 Å². The highest BCUT2D eigenvalue weighted by Gasteiger charge is 2.50. The molecule has 4 heteroatoms. The third kappa shape index (κ3) is 3.81. The zero-order valence-electron chi connectivity index (χ0n) is 14.0. The monoisotopic (exact) mass is 315 g/mol. The van der Waals surface area contributed by atoms with Crippen molar-refractivity contribution >= 4 is 11.9 Å². The number of rotatable bonds is 6. The lowest BCUT2D eigenvalue weighted by molar-refractivity contribution is -0.158. The summed E-state index contributed by atoms with van der Waals surface area (Å²) in [5.41, 5.74) is 0.289. The molecule has 1 aliphatic heterocycles. The second kappa shape index (κ2) is 7.44. The van der Waals surface area contributed by atoms with Crippen molar-refractivity contribution in [3.63, 3.8) is 0 Å². The zero-order chi connectivity index (χ0) is 16.9. The fraction of sp³-hybridized carbons (Fsp3) is 0.474. The maximum Gasteiger partial charge on any atom is 0.314 e. The van der Waals surface area contributed by atoms with Crippen molar-refractivity contribution in [3.05, 3.63) is 48.6 Å². The van der Waals surface area contributed by atoms with Crippen LogP contribution in [0.5, 0.6) is 0 Å². The van der Waals surface area contributed by atoms with E-state index in [-0.39, 0.29) is 24.4 Å². The smallest absolute Gasteiger partial charge is 0.314 e. The van der Waals surface area contributed by atoms with Gasteiger partial charge in [-0.1, -0.05) is 43.3 Å². The normalized spacial score (nSPS) is 23.6. The molecule has 1 amide bonds. The van der Waals surface area contributed by atoms with Crippen LogP contribution in [0.1, 0.15) is 32.3 Å². The van der Waals surface area contributed by atoms with Crippen LogP contribution in [0.4, 0.5) is 0 Å². The summed E-state index contributed by atoms with van der Waals surface area (Å²) in [5.74, 6) is -0.1000. The van der Waals surface area contributed by atoms with E-state index in [4.69, 9.17) is 4.74 Å². The molecule has 23 heavy (non-hydrogen) atoms. The minimum absolute atomic E-state index is 0.0544. The number of ether oxygens (including phenoxy) is 1. The molecule has 0 saturated carbocycles. The standard InChI is InChI=1S/C19H25NO3/c1-4-9-16-12-20(17(21)5-2)14-19(16,3)18(22)23-13-15-10-7-6-8-11-15/h4,6-8,10-11,16H,1,5,9,12-14H2,2-3H3/t16-,19+/m0/s1. The lowest BCUT2D eigenvalue weighted by atomic mass is 9.78. The number of allylic oxidation sites excluding steroid dienone is 1. The van der Waals surface area contributed by atoms with E-state index in [9.17, 15) is 9.59 Å². The molecule has 0 bridgehead atoms. The third-order valence-corrected chi connectivity index (χ3v) is 4.65. The Morgan fingerprint density at radius 3 is 2.70 bits per heavy atom. The van der Waals surface area contributed by atoms with E-state index in [0.29, 0.717) is 25.9 Å². The molecule has 0 spiro atoms. The van der Waals surface area contributed by atoms with Gasteiger partial charge in [0.1, 0.15) is 6.61 Å². The predicted octanol–water partition coefficient (Wildman–Crippen LogP) is 3.18. The van der Waals surface area contributed by atoms with Gasteiger partial charge in [0.2, 0.25) is 5.91 Å². The summed E-state index contributed by atoms with van der Waals surface area (Å²) < 4.78 is 5.54. The maximum atomic E-state index is 12.7. The van der Waals surface area contributed by atoms with E-state index in [1.165, 1.54) is 0 Å². The van der Waals surface area contributed by atoms with Gasteiger partial charge in [-0.15, -0.1) is 6.58 Å². The Morgan fingerprint density at radius 1 is 1.39 bits per heavy atom. The highest BCUT2D eigenvalue weighted by atomic mass is 16.5. The first kappa shape index (κ1) is 17.3. The molecular formula is C19H25NO3. The van der Waals surface area contributed by atoms with Crippen molar-refractivity contribution in [1.82, 2.24) is 4.90 Å². The van der Waals surface area contributed by atoms with Gasteiger partial charge >= 0.3 is 5.97 Å². The molecule has 0 radical (unpaired) electrons. The van der Waals surface area contributed by atoms with Gasteiger partial charge in [0.25, 0.3) is 0 Å². The number of esters is 1. The van der Waals surface area contributed by atoms with Crippen LogP contribution in [0.2, 0.25) is 0 Å². The number of likely N-dealkylation sites (tertiary alicyclic amines) is 1. The largest absolute Gasteiger partial charge is 0.460 e. The van der Waals surface area contributed by atoms with Crippen LogP contribution in [-0.4, -0.2) is 29.9 Å². The van der Waals surface area contributed by atoms with Crippen LogP contribution in [-0.2, 0) is 20.9 Å². The van der Waals surface area contributed by atoms with E-state index in [2.05, 4.69) is 6.58 Å². The van der Waals surface area contributed by atoms with E-state index in [1.54, 1.807) is 4.90 Å². The van der Waals surface area contributed by atoms with Crippen LogP contribution in [0.25, 0.3) is 0 Å². The molecule has 1 fully saturated rings. The summed E-state index contributed by atoms with van der Waals surface area (Å²) in [7, 11) is 0. The average molecular weight is 315 g/mol. The van der Waals surface area contributed by atoms with Crippen LogP contribution in [0, 0.1) is 11.3 Å². The Hall–Kier alpha value is -2.10. The molecule has 1 aliphatic rings. The highest BCUT2D eigenvalue weighted by molar-refractivity contribution is 5.81. The summed E-state index contributed by atoms with van der Waals surface area (Å²) in [6, 6.07) is 9.62.